The van der Waals surface area contributed by atoms with Crippen molar-refractivity contribution in [2.45, 2.75) is 6.04 Å². The predicted octanol–water partition coefficient (Wildman–Crippen LogP) is 0.349. The fourth-order valence-corrected chi connectivity index (χ4v) is 0.936. The molecule has 5 nitrogen and oxygen atoms in total. The van der Waals surface area contributed by atoms with Gasteiger partial charge >= 0.3 is 5.97 Å². The van der Waals surface area contributed by atoms with Crippen molar-refractivity contribution in [2.75, 3.05) is 6.61 Å². The lowest BCUT2D eigenvalue weighted by atomic mass is 10.2. The Morgan fingerprint density at radius 2 is 2.27 bits per heavy atom. The van der Waals surface area contributed by atoms with E-state index in [0.29, 0.717) is 11.3 Å². The van der Waals surface area contributed by atoms with Crippen LogP contribution in [0.1, 0.15) is 5.56 Å². The largest absolute Gasteiger partial charge is 0.490 e. The van der Waals surface area contributed by atoms with Gasteiger partial charge in [-0.15, -0.1) is 0 Å². The standard InChI is InChI=1S/C10H10N2O3/c11-5-7-3-1-2-4-9(7)15-6-8(12)10(13)14/h1-4,8H,6,12H2,(H,13,14). The molecule has 3 N–H and O–H groups in total. The van der Waals surface area contributed by atoms with Crippen LogP contribution in [0.3, 0.4) is 0 Å². The Morgan fingerprint density at radius 3 is 2.87 bits per heavy atom. The van der Waals surface area contributed by atoms with E-state index in [4.69, 9.17) is 20.8 Å². The van der Waals surface area contributed by atoms with Gasteiger partial charge in [-0.25, -0.2) is 0 Å². The van der Waals surface area contributed by atoms with Gasteiger partial charge in [0.1, 0.15) is 24.5 Å². The van der Waals surface area contributed by atoms with Gasteiger partial charge in [0.2, 0.25) is 0 Å². The maximum absolute atomic E-state index is 10.4. The van der Waals surface area contributed by atoms with E-state index in [1.807, 2.05) is 6.07 Å². The molecule has 0 heterocycles. The molecule has 5 heteroatoms. The van der Waals surface area contributed by atoms with Crippen molar-refractivity contribution in [2.24, 2.45) is 5.73 Å². The molecule has 0 saturated carbocycles. The summed E-state index contributed by atoms with van der Waals surface area (Å²) in [6, 6.07) is 7.42. The molecule has 0 aromatic heterocycles. The lowest BCUT2D eigenvalue weighted by Crippen LogP contribution is -2.36. The molecular weight excluding hydrogens is 196 g/mol. The highest BCUT2D eigenvalue weighted by Crippen LogP contribution is 2.16. The highest BCUT2D eigenvalue weighted by molar-refractivity contribution is 5.73. The summed E-state index contributed by atoms with van der Waals surface area (Å²) < 4.78 is 5.12. The Kier molecular flexibility index (Phi) is 3.66. The van der Waals surface area contributed by atoms with Crippen LogP contribution in [-0.4, -0.2) is 23.7 Å². The van der Waals surface area contributed by atoms with E-state index in [1.165, 1.54) is 0 Å². The van der Waals surface area contributed by atoms with Crippen LogP contribution in [0.4, 0.5) is 0 Å². The molecule has 0 saturated heterocycles. The zero-order chi connectivity index (χ0) is 11.3. The van der Waals surface area contributed by atoms with E-state index in [9.17, 15) is 4.79 Å². The SMILES string of the molecule is N#Cc1ccccc1OCC(N)C(=O)O. The number of carbonyl (C=O) groups is 1. The van der Waals surface area contributed by atoms with Crippen LogP contribution in [0, 0.1) is 11.3 Å². The molecule has 0 bridgehead atoms. The molecule has 1 atom stereocenters. The topological polar surface area (TPSA) is 96.3 Å². The minimum Gasteiger partial charge on any atom is -0.490 e. The van der Waals surface area contributed by atoms with Gasteiger partial charge in [0.25, 0.3) is 0 Å². The van der Waals surface area contributed by atoms with E-state index in [-0.39, 0.29) is 6.61 Å². The summed E-state index contributed by atoms with van der Waals surface area (Å²) in [6.07, 6.45) is 0. The lowest BCUT2D eigenvalue weighted by Gasteiger charge is -2.09. The second-order valence-electron chi connectivity index (χ2n) is 2.86. The number of benzene rings is 1. The third-order valence-electron chi connectivity index (χ3n) is 1.74. The maximum Gasteiger partial charge on any atom is 0.324 e. The normalized spacial score (nSPS) is 11.5. The van der Waals surface area contributed by atoms with Gasteiger partial charge in [0, 0.05) is 0 Å². The van der Waals surface area contributed by atoms with Crippen molar-refractivity contribution in [3.8, 4) is 11.8 Å². The monoisotopic (exact) mass is 206 g/mol. The first kappa shape index (κ1) is 11.0. The van der Waals surface area contributed by atoms with E-state index < -0.39 is 12.0 Å². The molecule has 0 aliphatic rings. The second kappa shape index (κ2) is 4.98. The predicted molar refractivity (Wildman–Crippen MR) is 52.3 cm³/mol. The van der Waals surface area contributed by atoms with Crippen LogP contribution in [0.25, 0.3) is 0 Å². The number of nitrogens with two attached hydrogens (primary N) is 1. The van der Waals surface area contributed by atoms with Gasteiger partial charge in [0.05, 0.1) is 5.56 Å². The fraction of sp³-hybridized carbons (Fsp3) is 0.200. The van der Waals surface area contributed by atoms with Crippen LogP contribution in [0.2, 0.25) is 0 Å². The molecule has 0 spiro atoms. The van der Waals surface area contributed by atoms with Crippen molar-refractivity contribution in [3.63, 3.8) is 0 Å². The number of hydrogen-bond donors (Lipinski definition) is 2. The Balaban J connectivity index is 2.66. The van der Waals surface area contributed by atoms with Crippen molar-refractivity contribution >= 4 is 5.97 Å². The summed E-state index contributed by atoms with van der Waals surface area (Å²) in [5, 5.41) is 17.2. The van der Waals surface area contributed by atoms with Crippen LogP contribution >= 0.6 is 0 Å². The third kappa shape index (κ3) is 2.97. The molecule has 1 rings (SSSR count). The van der Waals surface area contributed by atoms with Gasteiger partial charge in [-0.2, -0.15) is 5.26 Å². The van der Waals surface area contributed by atoms with Crippen LogP contribution in [0.5, 0.6) is 5.75 Å². The number of carboxylic acid groups (broad SMARTS) is 1. The summed E-state index contributed by atoms with van der Waals surface area (Å²) in [5.41, 5.74) is 5.60. The molecule has 0 amide bonds. The Bertz CT molecular complexity index is 398. The van der Waals surface area contributed by atoms with Crippen LogP contribution in [0.15, 0.2) is 24.3 Å². The van der Waals surface area contributed by atoms with E-state index >= 15 is 0 Å². The first-order chi connectivity index (χ1) is 7.15. The lowest BCUT2D eigenvalue weighted by molar-refractivity contribution is -0.139. The van der Waals surface area contributed by atoms with Gasteiger partial charge in [-0.1, -0.05) is 12.1 Å². The number of aliphatic carboxylic acids is 1. The van der Waals surface area contributed by atoms with Gasteiger partial charge in [-0.3, -0.25) is 4.79 Å². The Morgan fingerprint density at radius 1 is 1.60 bits per heavy atom. The second-order valence-corrected chi connectivity index (χ2v) is 2.86. The zero-order valence-corrected chi connectivity index (χ0v) is 7.88. The first-order valence-corrected chi connectivity index (χ1v) is 4.25. The Hall–Kier alpha value is -2.06. The minimum absolute atomic E-state index is 0.159. The van der Waals surface area contributed by atoms with E-state index in [0.717, 1.165) is 0 Å². The number of nitrogens with zero attached hydrogens (tertiary/aromatic N) is 1. The quantitative estimate of drug-likeness (QED) is 0.740. The van der Waals surface area contributed by atoms with E-state index in [2.05, 4.69) is 0 Å². The summed E-state index contributed by atoms with van der Waals surface area (Å²) in [7, 11) is 0. The fourth-order valence-electron chi connectivity index (χ4n) is 0.936. The van der Waals surface area contributed by atoms with Gasteiger partial charge in [0.15, 0.2) is 0 Å². The molecule has 1 aromatic carbocycles. The zero-order valence-electron chi connectivity index (χ0n) is 7.88. The number of para-hydroxylation sites is 1. The highest BCUT2D eigenvalue weighted by atomic mass is 16.5. The highest BCUT2D eigenvalue weighted by Gasteiger charge is 2.12. The Labute approximate surface area is 86.7 Å². The molecule has 0 aliphatic carbocycles. The molecule has 78 valence electrons. The number of nitriles is 1. The minimum atomic E-state index is -1.13. The van der Waals surface area contributed by atoms with Crippen molar-refractivity contribution < 1.29 is 14.6 Å². The molecule has 0 aliphatic heterocycles. The summed E-state index contributed by atoms with van der Waals surface area (Å²) >= 11 is 0. The number of ether oxygens (including phenoxy) is 1. The number of hydrogen-bond acceptors (Lipinski definition) is 4. The summed E-state index contributed by atoms with van der Waals surface area (Å²) in [6.45, 7) is -0.159. The molecule has 1 aromatic rings. The smallest absolute Gasteiger partial charge is 0.324 e. The average molecular weight is 206 g/mol. The number of rotatable bonds is 4. The molecule has 1 unspecified atom stereocenters. The molecule has 0 radical (unpaired) electrons. The summed E-state index contributed by atoms with van der Waals surface area (Å²) in [4.78, 5) is 10.4. The molecule has 0 fully saturated rings. The van der Waals surface area contributed by atoms with Crippen molar-refractivity contribution in [1.82, 2.24) is 0 Å². The first-order valence-electron chi connectivity index (χ1n) is 4.25. The third-order valence-corrected chi connectivity index (χ3v) is 1.74. The van der Waals surface area contributed by atoms with Gasteiger partial charge < -0.3 is 15.6 Å². The maximum atomic E-state index is 10.4. The van der Waals surface area contributed by atoms with Crippen molar-refractivity contribution in [1.29, 1.82) is 5.26 Å². The van der Waals surface area contributed by atoms with E-state index in [1.54, 1.807) is 24.3 Å². The average Bonchev–Trinajstić information content (AvgIpc) is 2.26. The van der Waals surface area contributed by atoms with Crippen LogP contribution in [-0.2, 0) is 4.79 Å². The van der Waals surface area contributed by atoms with Gasteiger partial charge in [-0.05, 0) is 12.1 Å². The summed E-state index contributed by atoms with van der Waals surface area (Å²) in [5.74, 6) is -0.791. The van der Waals surface area contributed by atoms with Crippen LogP contribution < -0.4 is 10.5 Å². The molecular formula is C10H10N2O3. The number of carboxylic acids is 1. The van der Waals surface area contributed by atoms with Crippen molar-refractivity contribution in [3.05, 3.63) is 29.8 Å². The molecule has 15 heavy (non-hydrogen) atoms.